The van der Waals surface area contributed by atoms with Crippen LogP contribution in [0, 0.1) is 11.8 Å². The number of aromatic nitrogens is 1. The summed E-state index contributed by atoms with van der Waals surface area (Å²) in [6.45, 7) is 9.01. The molecule has 1 heterocycles. The van der Waals surface area contributed by atoms with Crippen LogP contribution in [-0.4, -0.2) is 11.2 Å². The van der Waals surface area contributed by atoms with Crippen LogP contribution in [-0.2, 0) is 12.8 Å². The highest BCUT2D eigenvalue weighted by atomic mass is 14.8. The van der Waals surface area contributed by atoms with Crippen LogP contribution in [0.3, 0.4) is 0 Å². The first-order chi connectivity index (χ1) is 10.6. The van der Waals surface area contributed by atoms with Crippen LogP contribution in [0.25, 0.3) is 0 Å². The molecule has 0 radical (unpaired) electrons. The molecule has 0 bridgehead atoms. The van der Waals surface area contributed by atoms with Crippen molar-refractivity contribution in [2.75, 3.05) is 0 Å². The van der Waals surface area contributed by atoms with E-state index in [2.05, 4.69) is 50.9 Å². The van der Waals surface area contributed by atoms with Gasteiger partial charge in [0, 0.05) is 6.20 Å². The molecule has 22 heavy (non-hydrogen) atoms. The molecule has 0 spiro atoms. The van der Waals surface area contributed by atoms with Crippen LogP contribution >= 0.6 is 0 Å². The third-order valence-corrected chi connectivity index (χ3v) is 3.47. The van der Waals surface area contributed by atoms with Crippen LogP contribution in [0.4, 0.5) is 5.69 Å². The fourth-order valence-corrected chi connectivity index (χ4v) is 2.60. The van der Waals surface area contributed by atoms with Gasteiger partial charge in [-0.3, -0.25) is 9.98 Å². The molecule has 0 saturated carbocycles. The van der Waals surface area contributed by atoms with Gasteiger partial charge >= 0.3 is 0 Å². The number of hydrogen-bond acceptors (Lipinski definition) is 2. The summed E-state index contributed by atoms with van der Waals surface area (Å²) in [5, 5.41) is 0. The molecule has 2 aromatic rings. The molecule has 0 fully saturated rings. The maximum Gasteiger partial charge on any atom is 0.0812 e. The van der Waals surface area contributed by atoms with Gasteiger partial charge in [0.15, 0.2) is 0 Å². The van der Waals surface area contributed by atoms with Gasteiger partial charge in [-0.15, -0.1) is 0 Å². The van der Waals surface area contributed by atoms with Gasteiger partial charge in [0.1, 0.15) is 0 Å². The average molecular weight is 294 g/mol. The lowest BCUT2D eigenvalue weighted by molar-refractivity contribution is 0.637. The number of aliphatic imine (C=N–C) groups is 1. The van der Waals surface area contributed by atoms with E-state index in [0.717, 1.165) is 24.2 Å². The predicted molar refractivity (Wildman–Crippen MR) is 95.0 cm³/mol. The summed E-state index contributed by atoms with van der Waals surface area (Å²) in [6.07, 6.45) is 5.79. The summed E-state index contributed by atoms with van der Waals surface area (Å²) < 4.78 is 0. The zero-order valence-corrected chi connectivity index (χ0v) is 14.1. The van der Waals surface area contributed by atoms with Crippen molar-refractivity contribution in [3.63, 3.8) is 0 Å². The largest absolute Gasteiger partial charge is 0.255 e. The highest BCUT2D eigenvalue weighted by Gasteiger charge is 2.10. The van der Waals surface area contributed by atoms with Crippen LogP contribution in [0.15, 0.2) is 47.6 Å². The molecule has 0 aliphatic rings. The van der Waals surface area contributed by atoms with Crippen LogP contribution in [0.5, 0.6) is 0 Å². The van der Waals surface area contributed by atoms with E-state index in [4.69, 9.17) is 4.99 Å². The molecule has 0 aliphatic heterocycles. The van der Waals surface area contributed by atoms with Crippen LogP contribution in [0.1, 0.15) is 44.5 Å². The molecular formula is C20H26N2. The van der Waals surface area contributed by atoms with Gasteiger partial charge in [-0.05, 0) is 47.9 Å². The first-order valence-corrected chi connectivity index (χ1v) is 8.12. The second kappa shape index (κ2) is 7.88. The van der Waals surface area contributed by atoms with Gasteiger partial charge in [0.05, 0.1) is 17.6 Å². The average Bonchev–Trinajstić information content (AvgIpc) is 2.46. The molecule has 0 unspecified atom stereocenters. The highest BCUT2D eigenvalue weighted by molar-refractivity contribution is 5.80. The van der Waals surface area contributed by atoms with Crippen molar-refractivity contribution in [3.05, 3.63) is 59.4 Å². The molecule has 0 amide bonds. The maximum absolute atomic E-state index is 4.80. The molecule has 2 rings (SSSR count). The number of para-hydroxylation sites is 1. The topological polar surface area (TPSA) is 25.2 Å². The predicted octanol–water partition coefficient (Wildman–Crippen LogP) is 5.23. The standard InChI is InChI=1S/C20H26N2/c1-15(2)12-17-8-7-9-18(13-16(3)4)20(17)22-14-19-10-5-6-11-21-19/h5-11,14-16H,12-13H2,1-4H3. The summed E-state index contributed by atoms with van der Waals surface area (Å²) in [5.74, 6) is 1.25. The smallest absolute Gasteiger partial charge is 0.0812 e. The van der Waals surface area contributed by atoms with Gasteiger partial charge in [0.2, 0.25) is 0 Å². The van der Waals surface area contributed by atoms with E-state index in [1.54, 1.807) is 6.20 Å². The minimum atomic E-state index is 0.623. The third kappa shape index (κ3) is 4.80. The lowest BCUT2D eigenvalue weighted by Crippen LogP contribution is -2.00. The number of nitrogens with zero attached hydrogens (tertiary/aromatic N) is 2. The van der Waals surface area contributed by atoms with E-state index in [1.165, 1.54) is 11.1 Å². The fraction of sp³-hybridized carbons (Fsp3) is 0.400. The molecule has 0 N–H and O–H groups in total. The van der Waals surface area contributed by atoms with Gasteiger partial charge in [-0.1, -0.05) is 52.0 Å². The van der Waals surface area contributed by atoms with Crippen molar-refractivity contribution >= 4 is 11.9 Å². The Morgan fingerprint density at radius 3 is 2.05 bits per heavy atom. The van der Waals surface area contributed by atoms with Gasteiger partial charge in [0.25, 0.3) is 0 Å². The zero-order chi connectivity index (χ0) is 15.9. The Hall–Kier alpha value is -1.96. The molecule has 0 atom stereocenters. The first-order valence-electron chi connectivity index (χ1n) is 8.12. The Balaban J connectivity index is 2.38. The summed E-state index contributed by atoms with van der Waals surface area (Å²) in [7, 11) is 0. The maximum atomic E-state index is 4.80. The second-order valence-corrected chi connectivity index (χ2v) is 6.63. The molecular weight excluding hydrogens is 268 g/mol. The van der Waals surface area contributed by atoms with E-state index in [0.29, 0.717) is 11.8 Å². The SMILES string of the molecule is CC(C)Cc1cccc(CC(C)C)c1N=Cc1ccccn1. The molecule has 2 heteroatoms. The number of hydrogen-bond donors (Lipinski definition) is 0. The lowest BCUT2D eigenvalue weighted by atomic mass is 9.94. The monoisotopic (exact) mass is 294 g/mol. The first kappa shape index (κ1) is 16.4. The van der Waals surface area contributed by atoms with E-state index in [1.807, 2.05) is 24.4 Å². The molecule has 1 aromatic heterocycles. The minimum Gasteiger partial charge on any atom is -0.255 e. The van der Waals surface area contributed by atoms with Crippen LogP contribution in [0.2, 0.25) is 0 Å². The Morgan fingerprint density at radius 1 is 0.909 bits per heavy atom. The summed E-state index contributed by atoms with van der Waals surface area (Å²) in [4.78, 5) is 9.12. The molecule has 0 saturated heterocycles. The quantitative estimate of drug-likeness (QED) is 0.670. The Morgan fingerprint density at radius 2 is 1.55 bits per heavy atom. The third-order valence-electron chi connectivity index (χ3n) is 3.47. The Bertz CT molecular complexity index is 585. The fourth-order valence-electron chi connectivity index (χ4n) is 2.60. The van der Waals surface area contributed by atoms with Crippen molar-refractivity contribution in [3.8, 4) is 0 Å². The number of rotatable bonds is 6. The second-order valence-electron chi connectivity index (χ2n) is 6.63. The van der Waals surface area contributed by atoms with Gasteiger partial charge in [-0.2, -0.15) is 0 Å². The summed E-state index contributed by atoms with van der Waals surface area (Å²) in [6, 6.07) is 12.5. The summed E-state index contributed by atoms with van der Waals surface area (Å²) in [5.41, 5.74) is 4.70. The van der Waals surface area contributed by atoms with E-state index in [9.17, 15) is 0 Å². The lowest BCUT2D eigenvalue weighted by Gasteiger charge is -2.14. The molecule has 2 nitrogen and oxygen atoms in total. The number of pyridine rings is 1. The highest BCUT2D eigenvalue weighted by Crippen LogP contribution is 2.28. The van der Waals surface area contributed by atoms with Crippen molar-refractivity contribution in [2.45, 2.75) is 40.5 Å². The minimum absolute atomic E-state index is 0.623. The van der Waals surface area contributed by atoms with Gasteiger partial charge < -0.3 is 0 Å². The van der Waals surface area contributed by atoms with Crippen LogP contribution < -0.4 is 0 Å². The van der Waals surface area contributed by atoms with E-state index < -0.39 is 0 Å². The van der Waals surface area contributed by atoms with Crippen molar-refractivity contribution in [1.82, 2.24) is 4.98 Å². The van der Waals surface area contributed by atoms with E-state index in [-0.39, 0.29) is 0 Å². The summed E-state index contributed by atoms with van der Waals surface area (Å²) >= 11 is 0. The molecule has 1 aromatic carbocycles. The number of benzene rings is 1. The zero-order valence-electron chi connectivity index (χ0n) is 14.1. The van der Waals surface area contributed by atoms with E-state index >= 15 is 0 Å². The Labute approximate surface area is 134 Å². The van der Waals surface area contributed by atoms with Crippen molar-refractivity contribution < 1.29 is 0 Å². The molecule has 116 valence electrons. The molecule has 0 aliphatic carbocycles. The Kier molecular flexibility index (Phi) is 5.88. The van der Waals surface area contributed by atoms with Gasteiger partial charge in [-0.25, -0.2) is 0 Å². The van der Waals surface area contributed by atoms with Crippen molar-refractivity contribution in [1.29, 1.82) is 0 Å². The van der Waals surface area contributed by atoms with Crippen molar-refractivity contribution in [2.24, 2.45) is 16.8 Å². The normalized spacial score (nSPS) is 11.7.